The van der Waals surface area contributed by atoms with E-state index in [1.165, 1.54) is 5.56 Å². The number of aromatic nitrogens is 2. The molecule has 0 aliphatic carbocycles. The van der Waals surface area contributed by atoms with E-state index in [0.29, 0.717) is 5.56 Å². The highest BCUT2D eigenvalue weighted by molar-refractivity contribution is 5.89. The highest BCUT2D eigenvalue weighted by Crippen LogP contribution is 2.28. The van der Waals surface area contributed by atoms with E-state index in [1.807, 2.05) is 36.3 Å². The summed E-state index contributed by atoms with van der Waals surface area (Å²) in [4.78, 5) is 13.7. The van der Waals surface area contributed by atoms with Crippen molar-refractivity contribution in [2.75, 3.05) is 6.54 Å². The van der Waals surface area contributed by atoms with Crippen molar-refractivity contribution in [2.24, 2.45) is 7.05 Å². The third kappa shape index (κ3) is 2.56. The van der Waals surface area contributed by atoms with E-state index in [0.717, 1.165) is 30.6 Å². The molecule has 0 radical (unpaired) electrons. The molecule has 3 rings (SSSR count). The van der Waals surface area contributed by atoms with Crippen LogP contribution in [-0.2, 0) is 20.0 Å². The summed E-state index contributed by atoms with van der Waals surface area (Å²) < 4.78 is 1.81. The second-order valence-corrected chi connectivity index (χ2v) is 5.59. The molecule has 1 N–H and O–H groups in total. The Morgan fingerprint density at radius 1 is 1.43 bits per heavy atom. The minimum absolute atomic E-state index is 0.278. The molecule has 1 atom stereocenters. The lowest BCUT2D eigenvalue weighted by Crippen LogP contribution is -2.33. The molecule has 2 heterocycles. The fourth-order valence-electron chi connectivity index (χ4n) is 3.03. The normalized spacial score (nSPS) is 16.5. The predicted octanol–water partition coefficient (Wildman–Crippen LogP) is 2.24. The van der Waals surface area contributed by atoms with Crippen molar-refractivity contribution < 1.29 is 9.90 Å². The second-order valence-electron chi connectivity index (χ2n) is 5.59. The van der Waals surface area contributed by atoms with Crippen molar-refractivity contribution in [2.45, 2.75) is 25.9 Å². The van der Waals surface area contributed by atoms with Crippen molar-refractivity contribution in [3.05, 3.63) is 52.8 Å². The smallest absolute Gasteiger partial charge is 0.335 e. The Balaban J connectivity index is 1.85. The van der Waals surface area contributed by atoms with Crippen molar-refractivity contribution in [3.63, 3.8) is 0 Å². The zero-order valence-electron chi connectivity index (χ0n) is 12.3. The molecule has 1 unspecified atom stereocenters. The van der Waals surface area contributed by atoms with Gasteiger partial charge in [0.15, 0.2) is 0 Å². The zero-order valence-corrected chi connectivity index (χ0v) is 12.3. The first-order chi connectivity index (χ1) is 10.1. The van der Waals surface area contributed by atoms with E-state index in [2.05, 4.69) is 16.9 Å². The number of hydrogen-bond donors (Lipinski definition) is 1. The summed E-state index contributed by atoms with van der Waals surface area (Å²) in [5, 5.41) is 13.5. The summed E-state index contributed by atoms with van der Waals surface area (Å²) in [5.41, 5.74) is 3.74. The first-order valence-corrected chi connectivity index (χ1v) is 7.13. The highest BCUT2D eigenvalue weighted by Gasteiger charge is 2.25. The fraction of sp³-hybridized carbons (Fsp3) is 0.375. The van der Waals surface area contributed by atoms with Crippen LogP contribution in [-0.4, -0.2) is 32.3 Å². The number of carbonyl (C=O) groups is 1. The SMILES string of the molecule is CC(c1cnn(C)c1)N1CCc2c(cccc2C(=O)O)C1. The van der Waals surface area contributed by atoms with Gasteiger partial charge in [0.05, 0.1) is 11.8 Å². The third-order valence-electron chi connectivity index (χ3n) is 4.28. The quantitative estimate of drug-likeness (QED) is 0.939. The first-order valence-electron chi connectivity index (χ1n) is 7.13. The molecule has 1 aliphatic rings. The molecule has 0 saturated carbocycles. The fourth-order valence-corrected chi connectivity index (χ4v) is 3.03. The van der Waals surface area contributed by atoms with Crippen LogP contribution in [0.15, 0.2) is 30.6 Å². The number of rotatable bonds is 3. The monoisotopic (exact) mass is 285 g/mol. The number of benzene rings is 1. The van der Waals surface area contributed by atoms with E-state index in [-0.39, 0.29) is 6.04 Å². The Hall–Kier alpha value is -2.14. The number of fused-ring (bicyclic) bond motifs is 1. The molecule has 0 amide bonds. The number of hydrogen-bond acceptors (Lipinski definition) is 3. The van der Waals surface area contributed by atoms with E-state index < -0.39 is 5.97 Å². The lowest BCUT2D eigenvalue weighted by atomic mass is 9.93. The molecule has 21 heavy (non-hydrogen) atoms. The van der Waals surface area contributed by atoms with Crippen LogP contribution >= 0.6 is 0 Å². The van der Waals surface area contributed by atoms with Crippen molar-refractivity contribution in [1.29, 1.82) is 0 Å². The van der Waals surface area contributed by atoms with Crippen molar-refractivity contribution >= 4 is 5.97 Å². The summed E-state index contributed by atoms with van der Waals surface area (Å²) in [6.45, 7) is 3.82. The lowest BCUT2D eigenvalue weighted by Gasteiger charge is -2.33. The minimum Gasteiger partial charge on any atom is -0.478 e. The zero-order chi connectivity index (χ0) is 15.0. The summed E-state index contributed by atoms with van der Waals surface area (Å²) >= 11 is 0. The van der Waals surface area contributed by atoms with Crippen LogP contribution in [0.25, 0.3) is 0 Å². The van der Waals surface area contributed by atoms with Crippen LogP contribution in [0.3, 0.4) is 0 Å². The molecule has 0 fully saturated rings. The largest absolute Gasteiger partial charge is 0.478 e. The maximum atomic E-state index is 11.3. The van der Waals surface area contributed by atoms with Gasteiger partial charge in [0.1, 0.15) is 0 Å². The first kappa shape index (κ1) is 13.8. The van der Waals surface area contributed by atoms with Gasteiger partial charge in [-0.25, -0.2) is 4.79 Å². The van der Waals surface area contributed by atoms with Crippen LogP contribution in [0.5, 0.6) is 0 Å². The predicted molar refractivity (Wildman–Crippen MR) is 79.1 cm³/mol. The molecule has 1 aromatic heterocycles. The van der Waals surface area contributed by atoms with Gasteiger partial charge in [-0.2, -0.15) is 5.10 Å². The standard InChI is InChI=1S/C16H19N3O2/c1-11(13-8-17-18(2)9-13)19-7-6-14-12(10-19)4-3-5-15(14)16(20)21/h3-5,8-9,11H,6-7,10H2,1-2H3,(H,20,21). The molecule has 110 valence electrons. The average Bonchev–Trinajstić information content (AvgIpc) is 2.91. The van der Waals surface area contributed by atoms with E-state index in [4.69, 9.17) is 0 Å². The van der Waals surface area contributed by atoms with Gasteiger partial charge in [-0.15, -0.1) is 0 Å². The van der Waals surface area contributed by atoms with Crippen LogP contribution in [0.1, 0.15) is 40.0 Å². The number of aromatic carboxylic acids is 1. The van der Waals surface area contributed by atoms with Crippen molar-refractivity contribution in [1.82, 2.24) is 14.7 Å². The molecule has 1 aliphatic heterocycles. The summed E-state index contributed by atoms with van der Waals surface area (Å²) in [7, 11) is 1.92. The molecule has 0 saturated heterocycles. The Morgan fingerprint density at radius 3 is 2.90 bits per heavy atom. The number of aryl methyl sites for hydroxylation is 1. The van der Waals surface area contributed by atoms with Gasteiger partial charge < -0.3 is 5.11 Å². The van der Waals surface area contributed by atoms with Crippen molar-refractivity contribution in [3.8, 4) is 0 Å². The van der Waals surface area contributed by atoms with Gasteiger partial charge in [0, 0.05) is 37.9 Å². The maximum absolute atomic E-state index is 11.3. The second kappa shape index (κ2) is 5.33. The summed E-state index contributed by atoms with van der Waals surface area (Å²) in [6, 6.07) is 5.84. The van der Waals surface area contributed by atoms with E-state index in [1.54, 1.807) is 6.07 Å². The molecule has 2 aromatic rings. The number of carboxylic acid groups (broad SMARTS) is 1. The summed E-state index contributed by atoms with van der Waals surface area (Å²) in [5.74, 6) is -0.833. The van der Waals surface area contributed by atoms with Gasteiger partial charge in [0.2, 0.25) is 0 Å². The van der Waals surface area contributed by atoms with Gasteiger partial charge in [0.25, 0.3) is 0 Å². The summed E-state index contributed by atoms with van der Waals surface area (Å²) in [6.07, 6.45) is 4.71. The molecule has 0 spiro atoms. The van der Waals surface area contributed by atoms with Gasteiger partial charge in [-0.3, -0.25) is 9.58 Å². The van der Waals surface area contributed by atoms with E-state index in [9.17, 15) is 9.90 Å². The van der Waals surface area contributed by atoms with Crippen LogP contribution in [0.2, 0.25) is 0 Å². The number of carboxylic acids is 1. The van der Waals surface area contributed by atoms with E-state index >= 15 is 0 Å². The highest BCUT2D eigenvalue weighted by atomic mass is 16.4. The molecule has 1 aromatic carbocycles. The maximum Gasteiger partial charge on any atom is 0.335 e. The van der Waals surface area contributed by atoms with Gasteiger partial charge in [-0.05, 0) is 30.5 Å². The molecule has 5 nitrogen and oxygen atoms in total. The lowest BCUT2D eigenvalue weighted by molar-refractivity contribution is 0.0694. The average molecular weight is 285 g/mol. The Morgan fingerprint density at radius 2 is 2.24 bits per heavy atom. The Bertz CT molecular complexity index is 678. The molecular formula is C16H19N3O2. The van der Waals surface area contributed by atoms with Gasteiger partial charge in [-0.1, -0.05) is 12.1 Å². The number of nitrogens with zero attached hydrogens (tertiary/aromatic N) is 3. The van der Waals surface area contributed by atoms with Crippen LogP contribution < -0.4 is 0 Å². The minimum atomic E-state index is -0.833. The molecule has 0 bridgehead atoms. The Labute approximate surface area is 123 Å². The third-order valence-corrected chi connectivity index (χ3v) is 4.28. The Kier molecular flexibility index (Phi) is 3.51. The van der Waals surface area contributed by atoms with Crippen LogP contribution in [0, 0.1) is 0 Å². The van der Waals surface area contributed by atoms with Crippen LogP contribution in [0.4, 0.5) is 0 Å². The van der Waals surface area contributed by atoms with Gasteiger partial charge >= 0.3 is 5.97 Å². The topological polar surface area (TPSA) is 58.4 Å². The molecular weight excluding hydrogens is 266 g/mol. The molecule has 5 heteroatoms.